The molecule has 1 aliphatic heterocycles. The van der Waals surface area contributed by atoms with Crippen LogP contribution in [0.3, 0.4) is 0 Å². The van der Waals surface area contributed by atoms with Gasteiger partial charge >= 0.3 is 0 Å². The zero-order valence-corrected chi connectivity index (χ0v) is 12.6. The fourth-order valence-corrected chi connectivity index (χ4v) is 2.75. The Hall–Kier alpha value is -1.26. The van der Waals surface area contributed by atoms with Crippen LogP contribution in [0.1, 0.15) is 39.3 Å². The molecular formula is C15H19ClN2O2. The highest BCUT2D eigenvalue weighted by Gasteiger charge is 2.19. The van der Waals surface area contributed by atoms with Gasteiger partial charge in [-0.25, -0.2) is 4.68 Å². The van der Waals surface area contributed by atoms with E-state index in [-0.39, 0.29) is 12.3 Å². The molecule has 2 heterocycles. The monoisotopic (exact) mass is 294 g/mol. The summed E-state index contributed by atoms with van der Waals surface area (Å²) in [6, 6.07) is 3.86. The molecule has 1 fully saturated rings. The number of hydrogen-bond donors (Lipinski definition) is 0. The van der Waals surface area contributed by atoms with Gasteiger partial charge in [0, 0.05) is 18.1 Å². The van der Waals surface area contributed by atoms with Crippen LogP contribution >= 0.6 is 11.6 Å². The van der Waals surface area contributed by atoms with Crippen LogP contribution in [0, 0.1) is 0 Å². The predicted octanol–water partition coefficient (Wildman–Crippen LogP) is 4.18. The molecule has 1 aliphatic rings. The SMILES string of the molecule is CC(C)Oc1cc2c(cnn2C2CCCCO2)cc1Cl. The Labute approximate surface area is 123 Å². The Morgan fingerprint density at radius 2 is 2.25 bits per heavy atom. The summed E-state index contributed by atoms with van der Waals surface area (Å²) >= 11 is 6.25. The summed E-state index contributed by atoms with van der Waals surface area (Å²) in [5.74, 6) is 0.701. The molecule has 0 aliphatic carbocycles. The van der Waals surface area contributed by atoms with E-state index in [4.69, 9.17) is 21.1 Å². The van der Waals surface area contributed by atoms with Crippen molar-refractivity contribution in [1.29, 1.82) is 0 Å². The molecule has 20 heavy (non-hydrogen) atoms. The Bertz CT molecular complexity index is 603. The molecule has 1 atom stereocenters. The zero-order chi connectivity index (χ0) is 14.1. The van der Waals surface area contributed by atoms with E-state index in [0.717, 1.165) is 30.4 Å². The summed E-state index contributed by atoms with van der Waals surface area (Å²) in [4.78, 5) is 0. The number of aromatic nitrogens is 2. The maximum atomic E-state index is 6.25. The average molecular weight is 295 g/mol. The minimum atomic E-state index is 0.0225. The lowest BCUT2D eigenvalue weighted by Crippen LogP contribution is -2.19. The first-order valence-electron chi connectivity index (χ1n) is 7.10. The van der Waals surface area contributed by atoms with Gasteiger partial charge in [0.05, 0.1) is 22.8 Å². The van der Waals surface area contributed by atoms with Crippen molar-refractivity contribution in [1.82, 2.24) is 9.78 Å². The van der Waals surface area contributed by atoms with E-state index in [1.54, 1.807) is 0 Å². The van der Waals surface area contributed by atoms with Gasteiger partial charge in [0.1, 0.15) is 5.75 Å². The summed E-state index contributed by atoms with van der Waals surface area (Å²) in [6.07, 6.45) is 5.25. The molecule has 0 spiro atoms. The van der Waals surface area contributed by atoms with E-state index in [1.807, 2.05) is 36.9 Å². The van der Waals surface area contributed by atoms with Gasteiger partial charge in [-0.2, -0.15) is 5.10 Å². The van der Waals surface area contributed by atoms with Gasteiger partial charge in [-0.15, -0.1) is 0 Å². The van der Waals surface area contributed by atoms with Crippen LogP contribution in [0.25, 0.3) is 10.9 Å². The molecule has 1 saturated heterocycles. The molecule has 4 nitrogen and oxygen atoms in total. The van der Waals surface area contributed by atoms with Gasteiger partial charge in [-0.3, -0.25) is 0 Å². The van der Waals surface area contributed by atoms with Crippen LogP contribution in [-0.2, 0) is 4.74 Å². The minimum absolute atomic E-state index is 0.0225. The van der Waals surface area contributed by atoms with Gasteiger partial charge in [-0.1, -0.05) is 11.6 Å². The first-order valence-corrected chi connectivity index (χ1v) is 7.48. The highest BCUT2D eigenvalue weighted by molar-refractivity contribution is 6.32. The highest BCUT2D eigenvalue weighted by atomic mass is 35.5. The molecule has 1 aromatic heterocycles. The van der Waals surface area contributed by atoms with E-state index >= 15 is 0 Å². The van der Waals surface area contributed by atoms with Crippen molar-refractivity contribution in [2.45, 2.75) is 45.4 Å². The number of halogens is 1. The number of hydrogen-bond acceptors (Lipinski definition) is 3. The first-order chi connectivity index (χ1) is 9.65. The second-order valence-corrected chi connectivity index (χ2v) is 5.83. The Morgan fingerprint density at radius 1 is 1.40 bits per heavy atom. The topological polar surface area (TPSA) is 36.3 Å². The Balaban J connectivity index is 2.01. The fourth-order valence-electron chi connectivity index (χ4n) is 2.54. The van der Waals surface area contributed by atoms with Crippen molar-refractivity contribution in [3.63, 3.8) is 0 Å². The van der Waals surface area contributed by atoms with Gasteiger partial charge in [0.25, 0.3) is 0 Å². The van der Waals surface area contributed by atoms with Crippen molar-refractivity contribution in [3.05, 3.63) is 23.4 Å². The third-order valence-corrected chi connectivity index (χ3v) is 3.74. The number of ether oxygens (including phenoxy) is 2. The van der Waals surface area contributed by atoms with E-state index in [9.17, 15) is 0 Å². The number of nitrogens with zero attached hydrogens (tertiary/aromatic N) is 2. The van der Waals surface area contributed by atoms with Crippen LogP contribution < -0.4 is 4.74 Å². The van der Waals surface area contributed by atoms with E-state index in [2.05, 4.69) is 5.10 Å². The molecule has 108 valence electrons. The van der Waals surface area contributed by atoms with Crippen molar-refractivity contribution < 1.29 is 9.47 Å². The summed E-state index contributed by atoms with van der Waals surface area (Å²) in [7, 11) is 0. The molecule has 2 aromatic rings. The molecule has 0 saturated carbocycles. The molecule has 0 bridgehead atoms. The van der Waals surface area contributed by atoms with E-state index < -0.39 is 0 Å². The Morgan fingerprint density at radius 3 is 2.95 bits per heavy atom. The number of fused-ring (bicyclic) bond motifs is 1. The van der Waals surface area contributed by atoms with Gasteiger partial charge < -0.3 is 9.47 Å². The van der Waals surface area contributed by atoms with E-state index in [0.29, 0.717) is 10.8 Å². The predicted molar refractivity (Wildman–Crippen MR) is 79.3 cm³/mol. The number of benzene rings is 1. The van der Waals surface area contributed by atoms with Crippen LogP contribution in [-0.4, -0.2) is 22.5 Å². The smallest absolute Gasteiger partial charge is 0.150 e. The largest absolute Gasteiger partial charge is 0.489 e. The van der Waals surface area contributed by atoms with Crippen molar-refractivity contribution in [3.8, 4) is 5.75 Å². The maximum Gasteiger partial charge on any atom is 0.150 e. The molecule has 0 amide bonds. The van der Waals surface area contributed by atoms with Gasteiger partial charge in [-0.05, 0) is 39.2 Å². The third kappa shape index (κ3) is 2.63. The fraction of sp³-hybridized carbons (Fsp3) is 0.533. The lowest BCUT2D eigenvalue weighted by Gasteiger charge is -2.23. The molecule has 0 N–H and O–H groups in total. The summed E-state index contributed by atoms with van der Waals surface area (Å²) in [6.45, 7) is 4.78. The lowest BCUT2D eigenvalue weighted by molar-refractivity contribution is -0.0366. The van der Waals surface area contributed by atoms with Crippen LogP contribution in [0.15, 0.2) is 18.3 Å². The summed E-state index contributed by atoms with van der Waals surface area (Å²) in [5.41, 5.74) is 1.01. The molecule has 1 aromatic carbocycles. The van der Waals surface area contributed by atoms with Crippen LogP contribution in [0.2, 0.25) is 5.02 Å². The summed E-state index contributed by atoms with van der Waals surface area (Å²) in [5, 5.41) is 6.09. The van der Waals surface area contributed by atoms with Crippen molar-refractivity contribution in [2.24, 2.45) is 0 Å². The summed E-state index contributed by atoms with van der Waals surface area (Å²) < 4.78 is 13.5. The average Bonchev–Trinajstić information content (AvgIpc) is 2.82. The van der Waals surface area contributed by atoms with Crippen molar-refractivity contribution >= 4 is 22.5 Å². The van der Waals surface area contributed by atoms with Gasteiger partial charge in [0.2, 0.25) is 0 Å². The standard InChI is InChI=1S/C15H19ClN2O2/c1-10(2)20-14-8-13-11(7-12(14)16)9-17-18(13)15-5-3-4-6-19-15/h7-10,15H,3-6H2,1-2H3. The molecular weight excluding hydrogens is 276 g/mol. The molecule has 1 unspecified atom stereocenters. The number of rotatable bonds is 3. The molecule has 0 radical (unpaired) electrons. The van der Waals surface area contributed by atoms with Crippen LogP contribution in [0.4, 0.5) is 0 Å². The van der Waals surface area contributed by atoms with Crippen molar-refractivity contribution in [2.75, 3.05) is 6.61 Å². The van der Waals surface area contributed by atoms with Gasteiger partial charge in [0.15, 0.2) is 6.23 Å². The second-order valence-electron chi connectivity index (χ2n) is 5.42. The Kier molecular flexibility index (Phi) is 3.85. The molecule has 3 rings (SSSR count). The molecule has 5 heteroatoms. The van der Waals surface area contributed by atoms with E-state index in [1.165, 1.54) is 6.42 Å². The quantitative estimate of drug-likeness (QED) is 0.852. The normalized spacial score (nSPS) is 19.7. The first kappa shape index (κ1) is 13.7. The lowest BCUT2D eigenvalue weighted by atomic mass is 10.2. The highest BCUT2D eigenvalue weighted by Crippen LogP contribution is 2.33. The van der Waals surface area contributed by atoms with Crippen LogP contribution in [0.5, 0.6) is 5.75 Å². The third-order valence-electron chi connectivity index (χ3n) is 3.44. The maximum absolute atomic E-state index is 6.25. The minimum Gasteiger partial charge on any atom is -0.489 e. The second kappa shape index (κ2) is 5.62. The zero-order valence-electron chi connectivity index (χ0n) is 11.8.